The first-order valence-corrected chi connectivity index (χ1v) is 8.82. The van der Waals surface area contributed by atoms with Gasteiger partial charge in [0.1, 0.15) is 0 Å². The fourth-order valence-electron chi connectivity index (χ4n) is 1.75. The molecule has 8 heteroatoms. The topological polar surface area (TPSA) is 81.4 Å². The molecule has 1 heterocycles. The lowest BCUT2D eigenvalue weighted by molar-refractivity contribution is 0.0600. The van der Waals surface area contributed by atoms with Crippen LogP contribution < -0.4 is 5.56 Å². The van der Waals surface area contributed by atoms with Crippen molar-refractivity contribution in [2.45, 2.75) is 31.6 Å². The van der Waals surface area contributed by atoms with Gasteiger partial charge in [-0.05, 0) is 38.5 Å². The predicted octanol–water partition coefficient (Wildman–Crippen LogP) is 3.73. The summed E-state index contributed by atoms with van der Waals surface area (Å²) in [6.07, 6.45) is 1.16. The Morgan fingerprint density at radius 1 is 1.32 bits per heavy atom. The van der Waals surface area contributed by atoms with Crippen molar-refractivity contribution in [2.75, 3.05) is 7.11 Å². The molecule has 0 aliphatic rings. The molecule has 2 rings (SSSR count). The molecule has 2 aromatic rings. The fourth-order valence-corrected chi connectivity index (χ4v) is 2.25. The molecule has 0 aliphatic heterocycles. The van der Waals surface area contributed by atoms with Gasteiger partial charge in [-0.2, -0.15) is 5.10 Å². The van der Waals surface area contributed by atoms with E-state index in [0.29, 0.717) is 5.56 Å². The summed E-state index contributed by atoms with van der Waals surface area (Å²) >= 11 is 8.89. The number of hydrogen-bond acceptors (Lipinski definition) is 5. The number of rotatable bonds is 2. The van der Waals surface area contributed by atoms with E-state index in [2.05, 4.69) is 25.8 Å². The lowest BCUT2D eigenvalue weighted by atomic mass is 10.1. The molecule has 6 nitrogen and oxygen atoms in total. The Labute approximate surface area is 159 Å². The number of halogens is 2. The molecule has 0 radical (unpaired) electrons. The summed E-state index contributed by atoms with van der Waals surface area (Å²) in [7, 11) is 1.38. The molecule has 0 aliphatic carbocycles. The van der Waals surface area contributed by atoms with Crippen molar-refractivity contribution in [2.24, 2.45) is 0 Å². The Kier molecular flexibility index (Phi) is 7.63. The Hall–Kier alpha value is -1.86. The third kappa shape index (κ3) is 5.86. The SMILES string of the molecule is CC(C)(C)n1ncc(O)c(Cl)c1=O.COC(=O)c1ccc(CBr)cc1. The van der Waals surface area contributed by atoms with Gasteiger partial charge in [0, 0.05) is 5.33 Å². The standard InChI is InChI=1S/C9H9BrO2.C8H11ClN2O2/c1-12-9(11)8-4-2-7(6-10)3-5-8;1-8(2,3)11-7(13)6(9)5(12)4-10-11/h2-5H,6H2,1H3;4,12H,1-3H3. The first-order chi connectivity index (χ1) is 11.6. The van der Waals surface area contributed by atoms with Gasteiger partial charge in [0.05, 0.1) is 24.4 Å². The molecule has 136 valence electrons. The van der Waals surface area contributed by atoms with Gasteiger partial charge in [0.15, 0.2) is 10.8 Å². The molecule has 0 spiro atoms. The Balaban J connectivity index is 0.000000251. The van der Waals surface area contributed by atoms with E-state index < -0.39 is 11.1 Å². The van der Waals surface area contributed by atoms with Crippen LogP contribution in [0.15, 0.2) is 35.3 Å². The molecule has 0 saturated carbocycles. The van der Waals surface area contributed by atoms with Crippen LogP contribution in [0.5, 0.6) is 5.75 Å². The summed E-state index contributed by atoms with van der Waals surface area (Å²) in [5.41, 5.74) is 0.813. The lowest BCUT2D eigenvalue weighted by Gasteiger charge is -2.20. The first-order valence-electron chi connectivity index (χ1n) is 7.32. The Bertz CT molecular complexity index is 783. The van der Waals surface area contributed by atoms with E-state index >= 15 is 0 Å². The third-order valence-corrected chi connectivity index (χ3v) is 4.07. The van der Waals surface area contributed by atoms with Gasteiger partial charge in [-0.1, -0.05) is 39.7 Å². The summed E-state index contributed by atoms with van der Waals surface area (Å²) in [5, 5.41) is 13.5. The van der Waals surface area contributed by atoms with Crippen molar-refractivity contribution >= 4 is 33.5 Å². The molecule has 1 N–H and O–H groups in total. The molecule has 0 amide bonds. The number of nitrogens with zero attached hydrogens (tertiary/aromatic N) is 2. The summed E-state index contributed by atoms with van der Waals surface area (Å²) in [6, 6.07) is 7.28. The third-order valence-electron chi connectivity index (χ3n) is 3.07. The van der Waals surface area contributed by atoms with E-state index in [1.54, 1.807) is 12.1 Å². The summed E-state index contributed by atoms with van der Waals surface area (Å²) in [6.45, 7) is 5.48. The number of hydrogen-bond donors (Lipinski definition) is 1. The van der Waals surface area contributed by atoms with E-state index in [4.69, 9.17) is 16.7 Å². The van der Waals surface area contributed by atoms with Crippen molar-refractivity contribution in [3.05, 3.63) is 57.0 Å². The van der Waals surface area contributed by atoms with Crippen molar-refractivity contribution in [1.82, 2.24) is 9.78 Å². The van der Waals surface area contributed by atoms with E-state index in [-0.39, 0.29) is 16.7 Å². The summed E-state index contributed by atoms with van der Waals surface area (Å²) in [5.74, 6) is -0.580. The minimum Gasteiger partial charge on any atom is -0.505 e. The van der Waals surface area contributed by atoms with E-state index in [0.717, 1.165) is 17.1 Å². The zero-order valence-corrected chi connectivity index (χ0v) is 16.8. The smallest absolute Gasteiger partial charge is 0.337 e. The molecule has 1 aromatic heterocycles. The van der Waals surface area contributed by atoms with Crippen LogP contribution in [0.1, 0.15) is 36.7 Å². The van der Waals surface area contributed by atoms with E-state index in [1.807, 2.05) is 32.9 Å². The maximum absolute atomic E-state index is 11.4. The van der Waals surface area contributed by atoms with Crippen molar-refractivity contribution < 1.29 is 14.6 Å². The first kappa shape index (κ1) is 21.2. The highest BCUT2D eigenvalue weighted by atomic mass is 79.9. The van der Waals surface area contributed by atoms with Crippen LogP contribution >= 0.6 is 27.5 Å². The fraction of sp³-hybridized carbons (Fsp3) is 0.353. The largest absolute Gasteiger partial charge is 0.505 e. The van der Waals surface area contributed by atoms with Gasteiger partial charge in [-0.15, -0.1) is 0 Å². The maximum atomic E-state index is 11.4. The summed E-state index contributed by atoms with van der Waals surface area (Å²) < 4.78 is 5.79. The number of carbonyl (C=O) groups excluding carboxylic acids is 1. The van der Waals surface area contributed by atoms with Crippen LogP contribution in [0.3, 0.4) is 0 Å². The molecular formula is C17H20BrClN2O4. The quantitative estimate of drug-likeness (QED) is 0.579. The zero-order valence-electron chi connectivity index (χ0n) is 14.4. The van der Waals surface area contributed by atoms with Crippen LogP contribution in [0.4, 0.5) is 0 Å². The Morgan fingerprint density at radius 3 is 2.32 bits per heavy atom. The molecule has 0 bridgehead atoms. The second-order valence-corrected chi connectivity index (χ2v) is 6.99. The molecule has 25 heavy (non-hydrogen) atoms. The predicted molar refractivity (Wildman–Crippen MR) is 101 cm³/mol. The number of carbonyl (C=O) groups is 1. The van der Waals surface area contributed by atoms with Gasteiger partial charge in [-0.3, -0.25) is 4.79 Å². The van der Waals surface area contributed by atoms with Crippen LogP contribution in [0, 0.1) is 0 Å². The highest BCUT2D eigenvalue weighted by Crippen LogP contribution is 2.18. The highest BCUT2D eigenvalue weighted by Gasteiger charge is 2.18. The number of methoxy groups -OCH3 is 1. The second-order valence-electron chi connectivity index (χ2n) is 6.05. The highest BCUT2D eigenvalue weighted by molar-refractivity contribution is 9.08. The zero-order chi connectivity index (χ0) is 19.2. The molecule has 0 unspecified atom stereocenters. The molecular weight excluding hydrogens is 412 g/mol. The van der Waals surface area contributed by atoms with Gasteiger partial charge < -0.3 is 9.84 Å². The number of alkyl halides is 1. The van der Waals surface area contributed by atoms with Crippen molar-refractivity contribution in [3.63, 3.8) is 0 Å². The van der Waals surface area contributed by atoms with E-state index in [9.17, 15) is 9.59 Å². The van der Waals surface area contributed by atoms with Gasteiger partial charge in [0.25, 0.3) is 5.56 Å². The van der Waals surface area contributed by atoms with Crippen molar-refractivity contribution in [3.8, 4) is 5.75 Å². The van der Waals surface area contributed by atoms with Gasteiger partial charge in [-0.25, -0.2) is 9.48 Å². The second kappa shape index (κ2) is 9.01. The Morgan fingerprint density at radius 2 is 1.88 bits per heavy atom. The average Bonchev–Trinajstić information content (AvgIpc) is 2.58. The van der Waals surface area contributed by atoms with Crippen LogP contribution in [-0.4, -0.2) is 28.0 Å². The minimum atomic E-state index is -0.478. The van der Waals surface area contributed by atoms with Crippen LogP contribution in [0.2, 0.25) is 5.02 Å². The minimum absolute atomic E-state index is 0.190. The number of benzene rings is 1. The normalized spacial score (nSPS) is 10.6. The van der Waals surface area contributed by atoms with Gasteiger partial charge >= 0.3 is 5.97 Å². The van der Waals surface area contributed by atoms with Gasteiger partial charge in [0.2, 0.25) is 0 Å². The van der Waals surface area contributed by atoms with Crippen molar-refractivity contribution in [1.29, 1.82) is 0 Å². The van der Waals surface area contributed by atoms with Crippen LogP contribution in [0.25, 0.3) is 0 Å². The van der Waals surface area contributed by atoms with E-state index in [1.165, 1.54) is 11.8 Å². The average molecular weight is 432 g/mol. The molecule has 1 aromatic carbocycles. The number of aromatic nitrogens is 2. The molecule has 0 fully saturated rings. The molecule has 0 atom stereocenters. The maximum Gasteiger partial charge on any atom is 0.337 e. The van der Waals surface area contributed by atoms with Crippen LogP contribution in [-0.2, 0) is 15.6 Å². The summed E-state index contributed by atoms with van der Waals surface area (Å²) in [4.78, 5) is 22.4. The molecule has 0 saturated heterocycles. The number of esters is 1. The monoisotopic (exact) mass is 430 g/mol. The number of ether oxygens (including phenoxy) is 1. The number of aromatic hydroxyl groups is 1. The lowest BCUT2D eigenvalue weighted by Crippen LogP contribution is -2.35.